The van der Waals surface area contributed by atoms with Crippen LogP contribution in [-0.2, 0) is 11.2 Å². The first kappa shape index (κ1) is 15.1. The molecule has 0 aromatic carbocycles. The van der Waals surface area contributed by atoms with E-state index in [0.29, 0.717) is 24.7 Å². The highest BCUT2D eigenvalue weighted by Crippen LogP contribution is 2.19. The van der Waals surface area contributed by atoms with Crippen LogP contribution in [0.15, 0.2) is 27.5 Å². The Kier molecular flexibility index (Phi) is 5.63. The molecule has 0 aliphatic rings. The molecule has 1 unspecified atom stereocenters. The highest BCUT2D eigenvalue weighted by Gasteiger charge is 2.15. The highest BCUT2D eigenvalue weighted by atomic mass is 79.9. The van der Waals surface area contributed by atoms with Crippen LogP contribution in [0.25, 0.3) is 11.4 Å². The monoisotopic (exact) mass is 340 g/mol. The first-order chi connectivity index (χ1) is 9.72. The van der Waals surface area contributed by atoms with E-state index in [1.165, 1.54) is 0 Å². The number of pyridine rings is 1. The zero-order valence-electron chi connectivity index (χ0n) is 11.5. The van der Waals surface area contributed by atoms with Crippen LogP contribution < -0.4 is 5.32 Å². The molecule has 7 heteroatoms. The lowest BCUT2D eigenvalue weighted by molar-refractivity contribution is 0.162. The Bertz CT molecular complexity index is 541. The fourth-order valence-corrected chi connectivity index (χ4v) is 2.24. The third-order valence-electron chi connectivity index (χ3n) is 2.71. The normalized spacial score (nSPS) is 12.6. The van der Waals surface area contributed by atoms with Crippen molar-refractivity contribution in [3.05, 3.63) is 28.8 Å². The van der Waals surface area contributed by atoms with Gasteiger partial charge in [-0.05, 0) is 28.5 Å². The fourth-order valence-electron chi connectivity index (χ4n) is 1.88. The first-order valence-corrected chi connectivity index (χ1v) is 7.18. The molecular formula is C13H17BrN4O2. The molecule has 2 aromatic heterocycles. The van der Waals surface area contributed by atoms with Crippen molar-refractivity contribution in [3.8, 4) is 11.4 Å². The number of nitrogens with one attached hydrogen (secondary N) is 1. The van der Waals surface area contributed by atoms with Crippen molar-refractivity contribution in [2.75, 3.05) is 20.3 Å². The first-order valence-electron chi connectivity index (χ1n) is 6.38. The van der Waals surface area contributed by atoms with Gasteiger partial charge in [-0.2, -0.15) is 4.98 Å². The average Bonchev–Trinajstić information content (AvgIpc) is 2.88. The van der Waals surface area contributed by atoms with Gasteiger partial charge in [-0.15, -0.1) is 0 Å². The second-order valence-electron chi connectivity index (χ2n) is 4.32. The summed E-state index contributed by atoms with van der Waals surface area (Å²) in [5.41, 5.74) is 0.820. The minimum Gasteiger partial charge on any atom is -0.383 e. The van der Waals surface area contributed by atoms with Crippen molar-refractivity contribution >= 4 is 15.9 Å². The number of aromatic nitrogens is 3. The molecule has 0 bridgehead atoms. The molecule has 0 radical (unpaired) electrons. The molecule has 20 heavy (non-hydrogen) atoms. The summed E-state index contributed by atoms with van der Waals surface area (Å²) in [5.74, 6) is 1.13. The molecule has 0 amide bonds. The molecule has 6 nitrogen and oxygen atoms in total. The molecule has 2 heterocycles. The summed E-state index contributed by atoms with van der Waals surface area (Å²) in [4.78, 5) is 8.48. The molecule has 1 N–H and O–H groups in total. The third kappa shape index (κ3) is 4.09. The minimum absolute atomic E-state index is 0.166. The van der Waals surface area contributed by atoms with Crippen LogP contribution in [0.1, 0.15) is 12.8 Å². The Morgan fingerprint density at radius 2 is 2.30 bits per heavy atom. The predicted molar refractivity (Wildman–Crippen MR) is 78.3 cm³/mol. The molecule has 0 saturated heterocycles. The van der Waals surface area contributed by atoms with Crippen LogP contribution in [0.5, 0.6) is 0 Å². The predicted octanol–water partition coefficient (Wildman–Crippen LogP) is 2.06. The van der Waals surface area contributed by atoms with Crippen LogP contribution in [-0.4, -0.2) is 41.4 Å². The summed E-state index contributed by atoms with van der Waals surface area (Å²) in [6.45, 7) is 3.52. The summed E-state index contributed by atoms with van der Waals surface area (Å²) in [5, 5.41) is 7.30. The molecular weight excluding hydrogens is 324 g/mol. The van der Waals surface area contributed by atoms with E-state index in [4.69, 9.17) is 9.26 Å². The van der Waals surface area contributed by atoms with E-state index in [1.54, 1.807) is 19.5 Å². The van der Waals surface area contributed by atoms with E-state index in [0.717, 1.165) is 16.6 Å². The van der Waals surface area contributed by atoms with Gasteiger partial charge in [0.2, 0.25) is 11.7 Å². The van der Waals surface area contributed by atoms with Crippen molar-refractivity contribution in [3.63, 3.8) is 0 Å². The number of nitrogens with zero attached hydrogens (tertiary/aromatic N) is 3. The van der Waals surface area contributed by atoms with Crippen LogP contribution in [0.3, 0.4) is 0 Å². The van der Waals surface area contributed by atoms with E-state index >= 15 is 0 Å². The van der Waals surface area contributed by atoms with Gasteiger partial charge in [0.15, 0.2) is 0 Å². The van der Waals surface area contributed by atoms with Gasteiger partial charge in [-0.3, -0.25) is 4.98 Å². The SMILES string of the molecule is CCNC(COC)Cc1nc(-c2cncc(Br)c2)no1. The van der Waals surface area contributed by atoms with Gasteiger partial charge < -0.3 is 14.6 Å². The summed E-state index contributed by atoms with van der Waals surface area (Å²) in [6.07, 6.45) is 4.05. The topological polar surface area (TPSA) is 73.1 Å². The fraction of sp³-hybridized carbons (Fsp3) is 0.462. The Labute approximate surface area is 126 Å². The van der Waals surface area contributed by atoms with Gasteiger partial charge in [0.25, 0.3) is 0 Å². The van der Waals surface area contributed by atoms with Gasteiger partial charge in [-0.25, -0.2) is 0 Å². The summed E-state index contributed by atoms with van der Waals surface area (Å²) >= 11 is 3.37. The van der Waals surface area contributed by atoms with E-state index in [-0.39, 0.29) is 6.04 Å². The van der Waals surface area contributed by atoms with Gasteiger partial charge >= 0.3 is 0 Å². The molecule has 2 aromatic rings. The molecule has 2 rings (SSSR count). The average molecular weight is 341 g/mol. The van der Waals surface area contributed by atoms with Crippen LogP contribution in [0, 0.1) is 0 Å². The molecule has 0 aliphatic carbocycles. The van der Waals surface area contributed by atoms with Crippen molar-refractivity contribution in [2.24, 2.45) is 0 Å². The van der Waals surface area contributed by atoms with E-state index in [9.17, 15) is 0 Å². The molecule has 108 valence electrons. The number of hydrogen-bond donors (Lipinski definition) is 1. The second-order valence-corrected chi connectivity index (χ2v) is 5.23. The van der Waals surface area contributed by atoms with Crippen LogP contribution in [0.2, 0.25) is 0 Å². The Morgan fingerprint density at radius 1 is 1.45 bits per heavy atom. The molecule has 1 atom stereocenters. The van der Waals surface area contributed by atoms with Crippen molar-refractivity contribution in [1.82, 2.24) is 20.4 Å². The number of ether oxygens (including phenoxy) is 1. The van der Waals surface area contributed by atoms with Gasteiger partial charge in [0.05, 0.1) is 6.61 Å². The molecule has 0 saturated carbocycles. The maximum atomic E-state index is 5.28. The smallest absolute Gasteiger partial charge is 0.228 e. The van der Waals surface area contributed by atoms with E-state index in [1.807, 2.05) is 6.07 Å². The number of halogens is 1. The van der Waals surface area contributed by atoms with Crippen molar-refractivity contribution in [1.29, 1.82) is 0 Å². The second kappa shape index (κ2) is 7.47. The zero-order valence-corrected chi connectivity index (χ0v) is 13.1. The largest absolute Gasteiger partial charge is 0.383 e. The van der Waals surface area contributed by atoms with Gasteiger partial charge in [0, 0.05) is 42.0 Å². The molecule has 0 spiro atoms. The Balaban J connectivity index is 2.08. The van der Waals surface area contributed by atoms with Gasteiger partial charge in [-0.1, -0.05) is 12.1 Å². The Morgan fingerprint density at radius 3 is 3.00 bits per heavy atom. The standard InChI is InChI=1S/C13H17BrN4O2/c1-3-16-11(8-19-2)5-12-17-13(18-20-12)9-4-10(14)7-15-6-9/h4,6-7,11,16H,3,5,8H2,1-2H3. The number of hydrogen-bond acceptors (Lipinski definition) is 6. The quantitative estimate of drug-likeness (QED) is 0.831. The van der Waals surface area contributed by atoms with E-state index < -0.39 is 0 Å². The number of likely N-dealkylation sites (N-methyl/N-ethyl adjacent to an activating group) is 1. The van der Waals surface area contributed by atoms with Crippen LogP contribution >= 0.6 is 15.9 Å². The lowest BCUT2D eigenvalue weighted by Gasteiger charge is -2.14. The zero-order chi connectivity index (χ0) is 14.4. The summed E-state index contributed by atoms with van der Waals surface area (Å²) in [7, 11) is 1.68. The number of methoxy groups -OCH3 is 1. The maximum Gasteiger partial charge on any atom is 0.228 e. The third-order valence-corrected chi connectivity index (χ3v) is 3.15. The van der Waals surface area contributed by atoms with Crippen LogP contribution in [0.4, 0.5) is 0 Å². The summed E-state index contributed by atoms with van der Waals surface area (Å²) in [6, 6.07) is 2.07. The lowest BCUT2D eigenvalue weighted by atomic mass is 10.2. The van der Waals surface area contributed by atoms with Crippen molar-refractivity contribution < 1.29 is 9.26 Å². The van der Waals surface area contributed by atoms with Gasteiger partial charge in [0.1, 0.15) is 0 Å². The number of rotatable bonds is 7. The maximum absolute atomic E-state index is 5.28. The van der Waals surface area contributed by atoms with E-state index in [2.05, 4.69) is 43.3 Å². The Hall–Kier alpha value is -1.31. The highest BCUT2D eigenvalue weighted by molar-refractivity contribution is 9.10. The molecule has 0 aliphatic heterocycles. The molecule has 0 fully saturated rings. The lowest BCUT2D eigenvalue weighted by Crippen LogP contribution is -2.35. The summed E-state index contributed by atoms with van der Waals surface area (Å²) < 4.78 is 11.3. The minimum atomic E-state index is 0.166. The van der Waals surface area contributed by atoms with Crippen molar-refractivity contribution in [2.45, 2.75) is 19.4 Å².